The fourth-order valence-corrected chi connectivity index (χ4v) is 2.44. The van der Waals surface area contributed by atoms with Crippen molar-refractivity contribution >= 4 is 5.91 Å². The van der Waals surface area contributed by atoms with E-state index in [0.717, 1.165) is 38.5 Å². The van der Waals surface area contributed by atoms with Crippen LogP contribution in [0.15, 0.2) is 0 Å². The summed E-state index contributed by atoms with van der Waals surface area (Å²) in [5.41, 5.74) is 5.47. The van der Waals surface area contributed by atoms with E-state index in [1.54, 1.807) is 7.11 Å². The van der Waals surface area contributed by atoms with Gasteiger partial charge in [0, 0.05) is 13.2 Å². The zero-order chi connectivity index (χ0) is 10.9. The summed E-state index contributed by atoms with van der Waals surface area (Å²) in [7, 11) is 1.71. The Labute approximate surface area is 90.5 Å². The second-order valence-corrected chi connectivity index (χ2v) is 4.86. The largest absolute Gasteiger partial charge is 0.381 e. The zero-order valence-corrected chi connectivity index (χ0v) is 9.29. The van der Waals surface area contributed by atoms with Gasteiger partial charge in [-0.1, -0.05) is 12.8 Å². The summed E-state index contributed by atoms with van der Waals surface area (Å²) in [5.74, 6) is 0.0413. The van der Waals surface area contributed by atoms with Crippen molar-refractivity contribution in [1.29, 1.82) is 0 Å². The van der Waals surface area contributed by atoms with Gasteiger partial charge in [0.15, 0.2) is 0 Å². The molecule has 2 fully saturated rings. The lowest BCUT2D eigenvalue weighted by atomic mass is 9.87. The van der Waals surface area contributed by atoms with Crippen molar-refractivity contribution in [1.82, 2.24) is 5.32 Å². The van der Waals surface area contributed by atoms with E-state index in [4.69, 9.17) is 10.5 Å². The average molecular weight is 212 g/mol. The van der Waals surface area contributed by atoms with Gasteiger partial charge < -0.3 is 15.8 Å². The van der Waals surface area contributed by atoms with Crippen molar-refractivity contribution in [3.63, 3.8) is 0 Å². The van der Waals surface area contributed by atoms with Gasteiger partial charge in [0.25, 0.3) is 0 Å². The lowest BCUT2D eigenvalue weighted by Gasteiger charge is -2.36. The van der Waals surface area contributed by atoms with Crippen LogP contribution in [-0.2, 0) is 9.53 Å². The summed E-state index contributed by atoms with van der Waals surface area (Å²) in [5, 5.41) is 3.02. The maximum absolute atomic E-state index is 11.9. The predicted molar refractivity (Wildman–Crippen MR) is 57.3 cm³/mol. The molecule has 2 rings (SSSR count). The molecule has 4 nitrogen and oxygen atoms in total. The number of hydrogen-bond acceptors (Lipinski definition) is 3. The van der Waals surface area contributed by atoms with Gasteiger partial charge in [-0.3, -0.25) is 4.79 Å². The van der Waals surface area contributed by atoms with Crippen molar-refractivity contribution in [3.8, 4) is 0 Å². The van der Waals surface area contributed by atoms with E-state index in [9.17, 15) is 4.79 Å². The van der Waals surface area contributed by atoms with E-state index >= 15 is 0 Å². The van der Waals surface area contributed by atoms with Crippen molar-refractivity contribution in [2.45, 2.75) is 56.2 Å². The van der Waals surface area contributed by atoms with Crippen LogP contribution in [0.25, 0.3) is 0 Å². The van der Waals surface area contributed by atoms with E-state index in [-0.39, 0.29) is 11.9 Å². The number of hydrogen-bond donors (Lipinski definition) is 2. The van der Waals surface area contributed by atoms with Crippen molar-refractivity contribution < 1.29 is 9.53 Å². The van der Waals surface area contributed by atoms with Gasteiger partial charge in [0.2, 0.25) is 5.91 Å². The lowest BCUT2D eigenvalue weighted by molar-refractivity contribution is -0.128. The predicted octanol–water partition coefficient (Wildman–Crippen LogP) is 0.551. The molecule has 0 atom stereocenters. The van der Waals surface area contributed by atoms with Crippen LogP contribution >= 0.6 is 0 Å². The molecule has 0 unspecified atom stereocenters. The first-order chi connectivity index (χ1) is 7.14. The molecule has 2 saturated carbocycles. The minimum atomic E-state index is -0.585. The Kier molecular flexibility index (Phi) is 2.98. The maximum Gasteiger partial charge on any atom is 0.240 e. The van der Waals surface area contributed by atoms with Crippen molar-refractivity contribution in [3.05, 3.63) is 0 Å². The molecule has 0 aromatic carbocycles. The highest BCUT2D eigenvalue weighted by Gasteiger charge is 2.40. The Morgan fingerprint density at radius 2 is 2.00 bits per heavy atom. The molecule has 0 aromatic heterocycles. The lowest BCUT2D eigenvalue weighted by Crippen LogP contribution is -2.57. The van der Waals surface area contributed by atoms with E-state index in [1.165, 1.54) is 0 Å². The van der Waals surface area contributed by atoms with E-state index < -0.39 is 5.54 Å². The average Bonchev–Trinajstić information content (AvgIpc) is 2.59. The third-order valence-electron chi connectivity index (χ3n) is 3.71. The highest BCUT2D eigenvalue weighted by Crippen LogP contribution is 2.29. The number of nitrogens with one attached hydrogen (secondary N) is 1. The van der Waals surface area contributed by atoms with Gasteiger partial charge in [-0.2, -0.15) is 0 Å². The number of nitrogens with two attached hydrogens (primary N) is 1. The van der Waals surface area contributed by atoms with Crippen LogP contribution in [0.1, 0.15) is 38.5 Å². The Morgan fingerprint density at radius 3 is 2.53 bits per heavy atom. The topological polar surface area (TPSA) is 64.3 Å². The van der Waals surface area contributed by atoms with Gasteiger partial charge in [0.1, 0.15) is 0 Å². The molecule has 0 saturated heterocycles. The first-order valence-corrected chi connectivity index (χ1v) is 5.77. The molecule has 0 aliphatic heterocycles. The van der Waals surface area contributed by atoms with Gasteiger partial charge >= 0.3 is 0 Å². The number of methoxy groups -OCH3 is 1. The molecule has 0 spiro atoms. The second kappa shape index (κ2) is 4.10. The molecular formula is C11H20N2O2. The molecule has 86 valence electrons. The summed E-state index contributed by atoms with van der Waals surface area (Å²) in [4.78, 5) is 11.9. The molecule has 3 N–H and O–H groups in total. The van der Waals surface area contributed by atoms with Crippen molar-refractivity contribution in [2.24, 2.45) is 5.73 Å². The van der Waals surface area contributed by atoms with Gasteiger partial charge in [-0.15, -0.1) is 0 Å². The molecule has 15 heavy (non-hydrogen) atoms. The van der Waals surface area contributed by atoms with Crippen LogP contribution in [-0.4, -0.2) is 30.7 Å². The first-order valence-electron chi connectivity index (χ1n) is 5.77. The van der Waals surface area contributed by atoms with Gasteiger partial charge in [-0.05, 0) is 25.7 Å². The van der Waals surface area contributed by atoms with Crippen LogP contribution in [0.3, 0.4) is 0 Å². The van der Waals surface area contributed by atoms with Crippen LogP contribution < -0.4 is 11.1 Å². The Bertz CT molecular complexity index is 243. The third kappa shape index (κ3) is 2.16. The molecule has 2 aliphatic rings. The summed E-state index contributed by atoms with van der Waals surface area (Å²) >= 11 is 0. The Hall–Kier alpha value is -0.610. The molecule has 0 radical (unpaired) electrons. The van der Waals surface area contributed by atoms with Gasteiger partial charge in [0.05, 0.1) is 11.6 Å². The van der Waals surface area contributed by atoms with Crippen LogP contribution in [0.2, 0.25) is 0 Å². The summed E-state index contributed by atoms with van der Waals surface area (Å²) < 4.78 is 5.17. The van der Waals surface area contributed by atoms with Crippen LogP contribution in [0.4, 0.5) is 0 Å². The number of carbonyl (C=O) groups is 1. The molecule has 0 heterocycles. The van der Waals surface area contributed by atoms with E-state index in [0.29, 0.717) is 6.10 Å². The molecule has 2 aliphatic carbocycles. The van der Waals surface area contributed by atoms with Crippen LogP contribution in [0, 0.1) is 0 Å². The fourth-order valence-electron chi connectivity index (χ4n) is 2.44. The quantitative estimate of drug-likeness (QED) is 0.718. The maximum atomic E-state index is 11.9. The minimum absolute atomic E-state index is 0.0413. The SMILES string of the molecule is COC1CC(NC(=O)C2(N)CCCC2)C1. The monoisotopic (exact) mass is 212 g/mol. The van der Waals surface area contributed by atoms with Crippen LogP contribution in [0.5, 0.6) is 0 Å². The molecule has 1 amide bonds. The molecular weight excluding hydrogens is 192 g/mol. The number of amides is 1. The molecule has 0 aromatic rings. The highest BCUT2D eigenvalue weighted by atomic mass is 16.5. The smallest absolute Gasteiger partial charge is 0.240 e. The van der Waals surface area contributed by atoms with Gasteiger partial charge in [-0.25, -0.2) is 0 Å². The number of rotatable bonds is 3. The van der Waals surface area contributed by atoms with E-state index in [2.05, 4.69) is 5.32 Å². The van der Waals surface area contributed by atoms with Crippen molar-refractivity contribution in [2.75, 3.05) is 7.11 Å². The minimum Gasteiger partial charge on any atom is -0.381 e. The summed E-state index contributed by atoms with van der Waals surface area (Å²) in [6.45, 7) is 0. The Morgan fingerprint density at radius 1 is 1.40 bits per heavy atom. The number of carbonyl (C=O) groups excluding carboxylic acids is 1. The number of ether oxygens (including phenoxy) is 1. The zero-order valence-electron chi connectivity index (χ0n) is 9.29. The fraction of sp³-hybridized carbons (Fsp3) is 0.909. The summed E-state index contributed by atoms with van der Waals surface area (Å²) in [6.07, 6.45) is 6.01. The molecule has 0 bridgehead atoms. The normalized spacial score (nSPS) is 33.5. The molecule has 4 heteroatoms. The van der Waals surface area contributed by atoms with E-state index in [1.807, 2.05) is 0 Å². The third-order valence-corrected chi connectivity index (χ3v) is 3.71. The Balaban J connectivity index is 1.78. The first kappa shape index (κ1) is 10.9. The standard InChI is InChI=1S/C11H20N2O2/c1-15-9-6-8(7-9)13-10(14)11(12)4-2-3-5-11/h8-9H,2-7,12H2,1H3,(H,13,14). The highest BCUT2D eigenvalue weighted by molar-refractivity contribution is 5.86. The summed E-state index contributed by atoms with van der Waals surface area (Å²) in [6, 6.07) is 0.281. The second-order valence-electron chi connectivity index (χ2n) is 4.86.